The van der Waals surface area contributed by atoms with Gasteiger partial charge >= 0.3 is 6.18 Å². The highest BCUT2D eigenvalue weighted by Gasteiger charge is 2.32. The summed E-state index contributed by atoms with van der Waals surface area (Å²) in [5, 5.41) is 11.6. The molecule has 0 saturated carbocycles. The summed E-state index contributed by atoms with van der Waals surface area (Å²) in [6, 6.07) is -0.134. The minimum Gasteiger partial charge on any atom is -0.396 e. The van der Waals surface area contributed by atoms with E-state index in [1.54, 1.807) is 0 Å². The van der Waals surface area contributed by atoms with E-state index >= 15 is 0 Å². The summed E-state index contributed by atoms with van der Waals surface area (Å²) in [5.74, 6) is 0.777. The third kappa shape index (κ3) is 7.13. The number of aliphatic hydroxyl groups is 1. The van der Waals surface area contributed by atoms with Gasteiger partial charge in [0, 0.05) is 32.3 Å². The maximum atomic E-state index is 12.2. The second kappa shape index (κ2) is 7.45. The molecule has 0 aromatic rings. The van der Waals surface area contributed by atoms with Gasteiger partial charge in [-0.3, -0.25) is 0 Å². The van der Waals surface area contributed by atoms with Crippen molar-refractivity contribution in [2.75, 3.05) is 32.8 Å². The van der Waals surface area contributed by atoms with Crippen molar-refractivity contribution in [3.8, 4) is 0 Å². The number of hydrogen-bond donors (Lipinski definition) is 2. The summed E-state index contributed by atoms with van der Waals surface area (Å²) in [6.45, 7) is 5.82. The predicted octanol–water partition coefficient (Wildman–Crippen LogP) is 1.87. The Labute approximate surface area is 113 Å². The molecule has 0 aliphatic carbocycles. The molecule has 1 saturated heterocycles. The summed E-state index contributed by atoms with van der Waals surface area (Å²) in [7, 11) is 0. The monoisotopic (exact) mass is 282 g/mol. The molecule has 1 aliphatic heterocycles. The molecule has 3 nitrogen and oxygen atoms in total. The molecular weight excluding hydrogens is 257 g/mol. The number of rotatable bonds is 6. The lowest BCUT2D eigenvalue weighted by Crippen LogP contribution is -2.51. The van der Waals surface area contributed by atoms with Gasteiger partial charge in [0.1, 0.15) is 0 Å². The van der Waals surface area contributed by atoms with Gasteiger partial charge in [0.2, 0.25) is 0 Å². The van der Waals surface area contributed by atoms with E-state index in [4.69, 9.17) is 5.11 Å². The van der Waals surface area contributed by atoms with Crippen LogP contribution in [0.25, 0.3) is 0 Å². The van der Waals surface area contributed by atoms with Gasteiger partial charge < -0.3 is 15.3 Å². The van der Waals surface area contributed by atoms with Gasteiger partial charge in [-0.15, -0.1) is 0 Å². The Morgan fingerprint density at radius 1 is 1.32 bits per heavy atom. The van der Waals surface area contributed by atoms with E-state index in [1.165, 1.54) is 0 Å². The number of halogens is 3. The molecule has 1 fully saturated rings. The van der Waals surface area contributed by atoms with Crippen molar-refractivity contribution in [3.63, 3.8) is 0 Å². The zero-order valence-electron chi connectivity index (χ0n) is 11.7. The number of likely N-dealkylation sites (tertiary alicyclic amines) is 1. The number of nitrogens with one attached hydrogen (secondary N) is 1. The second-order valence-electron chi connectivity index (χ2n) is 5.92. The molecule has 0 radical (unpaired) electrons. The summed E-state index contributed by atoms with van der Waals surface area (Å²) in [6.07, 6.45) is -2.78. The van der Waals surface area contributed by atoms with Crippen LogP contribution in [0, 0.1) is 11.8 Å². The lowest BCUT2D eigenvalue weighted by Gasteiger charge is -2.39. The Kier molecular flexibility index (Phi) is 6.56. The van der Waals surface area contributed by atoms with Gasteiger partial charge in [-0.2, -0.15) is 13.2 Å². The van der Waals surface area contributed by atoms with Crippen LogP contribution in [0.2, 0.25) is 0 Å². The molecule has 6 heteroatoms. The minimum atomic E-state index is -4.16. The van der Waals surface area contributed by atoms with Crippen molar-refractivity contribution in [3.05, 3.63) is 0 Å². The first-order valence-corrected chi connectivity index (χ1v) is 6.93. The normalized spacial score (nSPS) is 26.1. The van der Waals surface area contributed by atoms with Crippen LogP contribution < -0.4 is 5.32 Å². The van der Waals surface area contributed by atoms with Gasteiger partial charge in [-0.05, 0) is 24.7 Å². The quantitative estimate of drug-likeness (QED) is 0.780. The predicted molar refractivity (Wildman–Crippen MR) is 68.9 cm³/mol. The molecule has 1 heterocycles. The third-order valence-corrected chi connectivity index (χ3v) is 3.36. The first-order valence-electron chi connectivity index (χ1n) is 6.93. The smallest absolute Gasteiger partial charge is 0.396 e. The molecular formula is C13H25F3N2O. The standard InChI is InChI=1S/C13H25F3N2O/c1-10(2)6-18-7-11(3-4-19)5-12(8-18)17-9-13(14,15)16/h10-12,17,19H,3-9H2,1-2H3. The largest absolute Gasteiger partial charge is 0.401 e. The van der Waals surface area contributed by atoms with Crippen LogP contribution in [0.15, 0.2) is 0 Å². The molecule has 2 atom stereocenters. The van der Waals surface area contributed by atoms with E-state index in [9.17, 15) is 13.2 Å². The van der Waals surface area contributed by atoms with Gasteiger partial charge in [-0.25, -0.2) is 0 Å². The van der Waals surface area contributed by atoms with Crippen LogP contribution >= 0.6 is 0 Å². The Bertz CT molecular complexity index is 259. The fraction of sp³-hybridized carbons (Fsp3) is 1.00. The van der Waals surface area contributed by atoms with Crippen molar-refractivity contribution in [1.82, 2.24) is 10.2 Å². The Morgan fingerprint density at radius 3 is 2.53 bits per heavy atom. The molecule has 1 aliphatic rings. The molecule has 0 spiro atoms. The third-order valence-electron chi connectivity index (χ3n) is 3.36. The van der Waals surface area contributed by atoms with E-state index in [2.05, 4.69) is 24.1 Å². The van der Waals surface area contributed by atoms with E-state index in [0.29, 0.717) is 25.3 Å². The molecule has 0 aromatic carbocycles. The molecule has 0 aromatic heterocycles. The fourth-order valence-corrected chi connectivity index (χ4v) is 2.77. The van der Waals surface area contributed by atoms with E-state index in [0.717, 1.165) is 13.1 Å². The van der Waals surface area contributed by atoms with Crippen LogP contribution in [0.1, 0.15) is 26.7 Å². The highest BCUT2D eigenvalue weighted by atomic mass is 19.4. The average molecular weight is 282 g/mol. The van der Waals surface area contributed by atoms with Crippen molar-refractivity contribution < 1.29 is 18.3 Å². The minimum absolute atomic E-state index is 0.103. The molecule has 0 bridgehead atoms. The van der Waals surface area contributed by atoms with Crippen LogP contribution in [0.3, 0.4) is 0 Å². The molecule has 1 rings (SSSR count). The number of hydrogen-bond acceptors (Lipinski definition) is 3. The molecule has 0 amide bonds. The SMILES string of the molecule is CC(C)CN1CC(CCO)CC(NCC(F)(F)F)C1. The van der Waals surface area contributed by atoms with Crippen molar-refractivity contribution >= 4 is 0 Å². The van der Waals surface area contributed by atoms with Gasteiger partial charge in [0.15, 0.2) is 0 Å². The second-order valence-corrected chi connectivity index (χ2v) is 5.92. The van der Waals surface area contributed by atoms with Crippen LogP contribution in [-0.2, 0) is 0 Å². The number of alkyl halides is 3. The summed E-state index contributed by atoms with van der Waals surface area (Å²) in [5.41, 5.74) is 0. The summed E-state index contributed by atoms with van der Waals surface area (Å²) < 4.78 is 36.7. The maximum absolute atomic E-state index is 12.2. The van der Waals surface area contributed by atoms with Crippen LogP contribution in [0.5, 0.6) is 0 Å². The van der Waals surface area contributed by atoms with E-state index < -0.39 is 12.7 Å². The molecule has 2 unspecified atom stereocenters. The van der Waals surface area contributed by atoms with Gasteiger partial charge in [0.25, 0.3) is 0 Å². The first-order chi connectivity index (χ1) is 8.80. The molecule has 2 N–H and O–H groups in total. The van der Waals surface area contributed by atoms with E-state index in [1.807, 2.05) is 0 Å². The number of aliphatic hydroxyl groups excluding tert-OH is 1. The lowest BCUT2D eigenvalue weighted by molar-refractivity contribution is -0.127. The zero-order valence-corrected chi connectivity index (χ0v) is 11.7. The molecule has 114 valence electrons. The number of nitrogens with zero attached hydrogens (tertiary/aromatic N) is 1. The highest BCUT2D eigenvalue weighted by Crippen LogP contribution is 2.22. The maximum Gasteiger partial charge on any atom is 0.401 e. The van der Waals surface area contributed by atoms with Crippen molar-refractivity contribution in [2.45, 2.75) is 38.9 Å². The summed E-state index contributed by atoms with van der Waals surface area (Å²) in [4.78, 5) is 2.21. The Morgan fingerprint density at radius 2 is 2.00 bits per heavy atom. The van der Waals surface area contributed by atoms with Crippen molar-refractivity contribution in [2.24, 2.45) is 11.8 Å². The topological polar surface area (TPSA) is 35.5 Å². The van der Waals surface area contributed by atoms with Crippen molar-refractivity contribution in [1.29, 1.82) is 0 Å². The zero-order chi connectivity index (χ0) is 14.5. The van der Waals surface area contributed by atoms with Gasteiger partial charge in [0.05, 0.1) is 6.54 Å². The summed E-state index contributed by atoms with van der Waals surface area (Å²) >= 11 is 0. The Hall–Kier alpha value is -0.330. The Balaban J connectivity index is 2.49. The van der Waals surface area contributed by atoms with Crippen LogP contribution in [-0.4, -0.2) is 55.0 Å². The molecule has 19 heavy (non-hydrogen) atoms. The van der Waals surface area contributed by atoms with E-state index in [-0.39, 0.29) is 18.6 Å². The first kappa shape index (κ1) is 16.7. The highest BCUT2D eigenvalue weighted by molar-refractivity contribution is 4.84. The lowest BCUT2D eigenvalue weighted by atomic mass is 9.91. The number of piperidine rings is 1. The average Bonchev–Trinajstić information content (AvgIpc) is 2.24. The fourth-order valence-electron chi connectivity index (χ4n) is 2.77. The van der Waals surface area contributed by atoms with Crippen LogP contribution in [0.4, 0.5) is 13.2 Å². The van der Waals surface area contributed by atoms with Gasteiger partial charge in [-0.1, -0.05) is 13.8 Å².